The molecule has 11 nitrogen and oxygen atoms in total. The Morgan fingerprint density at radius 3 is 1.35 bits per heavy atom. The fourth-order valence-electron chi connectivity index (χ4n) is 5.73. The van der Waals surface area contributed by atoms with Crippen LogP contribution < -0.4 is 5.73 Å². The Hall–Kier alpha value is -2.04. The molecule has 54 heavy (non-hydrogen) atoms. The quantitative estimate of drug-likeness (QED) is 0.0233. The molecule has 0 rings (SSSR count). The average Bonchev–Trinajstić information content (AvgIpc) is 3.14. The zero-order chi connectivity index (χ0) is 40.0. The highest BCUT2D eigenvalue weighted by Crippen LogP contribution is 2.43. The van der Waals surface area contributed by atoms with Gasteiger partial charge in [-0.05, 0) is 51.4 Å². The molecule has 0 aromatic carbocycles. The van der Waals surface area contributed by atoms with Crippen molar-refractivity contribution < 1.29 is 47.5 Å². The van der Waals surface area contributed by atoms with Gasteiger partial charge in [0.25, 0.3) is 0 Å². The molecule has 0 aliphatic rings. The second kappa shape index (κ2) is 37.9. The zero-order valence-corrected chi connectivity index (χ0v) is 35.0. The van der Waals surface area contributed by atoms with Crippen molar-refractivity contribution in [1.29, 1.82) is 0 Å². The van der Waals surface area contributed by atoms with E-state index < -0.39 is 51.1 Å². The van der Waals surface area contributed by atoms with Crippen molar-refractivity contribution in [2.24, 2.45) is 5.73 Å². The van der Waals surface area contributed by atoms with Crippen molar-refractivity contribution in [3.63, 3.8) is 0 Å². The molecule has 4 N–H and O–H groups in total. The topological polar surface area (TPSA) is 172 Å². The van der Waals surface area contributed by atoms with E-state index in [9.17, 15) is 23.8 Å². The summed E-state index contributed by atoms with van der Waals surface area (Å²) >= 11 is 0. The van der Waals surface area contributed by atoms with Crippen molar-refractivity contribution in [2.45, 2.75) is 206 Å². The number of carboxylic acids is 1. The van der Waals surface area contributed by atoms with Gasteiger partial charge in [0.2, 0.25) is 0 Å². The van der Waals surface area contributed by atoms with Gasteiger partial charge in [0, 0.05) is 12.8 Å². The monoisotopic (exact) mass is 788 g/mol. The van der Waals surface area contributed by atoms with Gasteiger partial charge in [-0.2, -0.15) is 0 Å². The van der Waals surface area contributed by atoms with Crippen LogP contribution in [0.15, 0.2) is 24.3 Å². The van der Waals surface area contributed by atoms with Gasteiger partial charge in [-0.3, -0.25) is 23.4 Å². The van der Waals surface area contributed by atoms with Crippen LogP contribution in [0.4, 0.5) is 0 Å². The number of hydrogen-bond donors (Lipinski definition) is 3. The first-order valence-electron chi connectivity index (χ1n) is 21.4. The number of carbonyl (C=O) groups is 3. The van der Waals surface area contributed by atoms with Crippen molar-refractivity contribution in [2.75, 3.05) is 19.8 Å². The predicted molar refractivity (Wildman–Crippen MR) is 217 cm³/mol. The molecule has 0 heterocycles. The number of hydrogen-bond acceptors (Lipinski definition) is 9. The molecule has 0 saturated carbocycles. The van der Waals surface area contributed by atoms with E-state index in [1.165, 1.54) is 116 Å². The third-order valence-corrected chi connectivity index (χ3v) is 10.1. The summed E-state index contributed by atoms with van der Waals surface area (Å²) in [6, 6.07) is -1.52. The van der Waals surface area contributed by atoms with Gasteiger partial charge >= 0.3 is 25.7 Å². The molecule has 0 aliphatic heterocycles. The van der Waals surface area contributed by atoms with Crippen LogP contribution >= 0.6 is 7.82 Å². The molecule has 0 spiro atoms. The molecular weight excluding hydrogens is 709 g/mol. The molecule has 12 heteroatoms. The highest BCUT2D eigenvalue weighted by molar-refractivity contribution is 7.47. The Morgan fingerprint density at radius 1 is 0.556 bits per heavy atom. The Balaban J connectivity index is 4.36. The van der Waals surface area contributed by atoms with E-state index in [4.69, 9.17) is 24.8 Å². The average molecular weight is 788 g/mol. The minimum absolute atomic E-state index is 0.160. The maximum atomic E-state index is 12.6. The van der Waals surface area contributed by atoms with Gasteiger partial charge < -0.3 is 25.2 Å². The first-order valence-corrected chi connectivity index (χ1v) is 22.9. The van der Waals surface area contributed by atoms with Gasteiger partial charge in [-0.1, -0.05) is 154 Å². The van der Waals surface area contributed by atoms with E-state index in [2.05, 4.69) is 42.7 Å². The van der Waals surface area contributed by atoms with Gasteiger partial charge in [-0.25, -0.2) is 4.57 Å². The molecular formula is C42H78NO10P. The minimum Gasteiger partial charge on any atom is -0.480 e. The lowest BCUT2D eigenvalue weighted by atomic mass is 10.1. The smallest absolute Gasteiger partial charge is 0.472 e. The summed E-state index contributed by atoms with van der Waals surface area (Å²) in [7, 11) is -4.71. The number of aliphatic carboxylic acids is 1. The Morgan fingerprint density at radius 2 is 0.926 bits per heavy atom. The van der Waals surface area contributed by atoms with Crippen LogP contribution in [-0.2, 0) is 37.5 Å². The number of esters is 2. The lowest BCUT2D eigenvalue weighted by molar-refractivity contribution is -0.161. The van der Waals surface area contributed by atoms with E-state index in [1.54, 1.807) is 0 Å². The van der Waals surface area contributed by atoms with E-state index in [0.717, 1.165) is 38.5 Å². The third-order valence-electron chi connectivity index (χ3n) is 9.17. The maximum Gasteiger partial charge on any atom is 0.472 e. The number of carboxylic acid groups (broad SMARTS) is 1. The fourth-order valence-corrected chi connectivity index (χ4v) is 6.51. The highest BCUT2D eigenvalue weighted by Gasteiger charge is 2.28. The fraction of sp³-hybridized carbons (Fsp3) is 0.833. The van der Waals surface area contributed by atoms with Gasteiger partial charge in [-0.15, -0.1) is 0 Å². The number of ether oxygens (including phenoxy) is 2. The molecule has 0 aromatic heterocycles. The number of allylic oxidation sites excluding steroid dienone is 4. The molecule has 3 atom stereocenters. The van der Waals surface area contributed by atoms with Crippen LogP contribution in [0.2, 0.25) is 0 Å². The van der Waals surface area contributed by atoms with E-state index in [1.807, 2.05) is 0 Å². The van der Waals surface area contributed by atoms with Gasteiger partial charge in [0.1, 0.15) is 12.6 Å². The van der Waals surface area contributed by atoms with Crippen molar-refractivity contribution in [3.05, 3.63) is 24.3 Å². The molecule has 0 aliphatic carbocycles. The second-order valence-electron chi connectivity index (χ2n) is 14.5. The summed E-state index contributed by atoms with van der Waals surface area (Å²) in [5.41, 5.74) is 5.33. The lowest BCUT2D eigenvalue weighted by Gasteiger charge is -2.20. The van der Waals surface area contributed by atoms with Crippen LogP contribution in [0.5, 0.6) is 0 Å². The van der Waals surface area contributed by atoms with E-state index >= 15 is 0 Å². The summed E-state index contributed by atoms with van der Waals surface area (Å²) in [5, 5.41) is 8.88. The van der Waals surface area contributed by atoms with Crippen molar-refractivity contribution in [1.82, 2.24) is 0 Å². The van der Waals surface area contributed by atoms with Crippen molar-refractivity contribution >= 4 is 25.7 Å². The Labute approximate surface area is 328 Å². The number of carbonyl (C=O) groups excluding carboxylic acids is 2. The summed E-state index contributed by atoms with van der Waals surface area (Å²) in [6.45, 7) is 2.75. The van der Waals surface area contributed by atoms with E-state index in [-0.39, 0.29) is 19.4 Å². The van der Waals surface area contributed by atoms with Crippen LogP contribution in [0.1, 0.15) is 194 Å². The number of nitrogens with two attached hydrogens (primary N) is 1. The molecule has 0 radical (unpaired) electrons. The summed E-state index contributed by atoms with van der Waals surface area (Å²) < 4.78 is 32.7. The lowest BCUT2D eigenvalue weighted by Crippen LogP contribution is -2.34. The van der Waals surface area contributed by atoms with Gasteiger partial charge in [0.15, 0.2) is 6.10 Å². The van der Waals surface area contributed by atoms with Crippen LogP contribution in [0, 0.1) is 0 Å². The number of rotatable bonds is 40. The van der Waals surface area contributed by atoms with Crippen molar-refractivity contribution in [3.8, 4) is 0 Å². The SMILES string of the molecule is CCCC/C=C/CCCCCCCCCCCC(=O)OC[C@H](COP(=O)(O)OC[C@H](N)C(=O)O)OC(=O)CCCCCCCCCCC/C=C/CCCC. The molecule has 0 fully saturated rings. The molecule has 0 aromatic rings. The Bertz CT molecular complexity index is 1020. The van der Waals surface area contributed by atoms with Crippen LogP contribution in [0.3, 0.4) is 0 Å². The first kappa shape index (κ1) is 52.0. The normalized spacial score (nSPS) is 14.0. The highest BCUT2D eigenvalue weighted by atomic mass is 31.2. The van der Waals surface area contributed by atoms with Gasteiger partial charge in [0.05, 0.1) is 13.2 Å². The number of unbranched alkanes of at least 4 members (excludes halogenated alkanes) is 22. The minimum atomic E-state index is -4.71. The Kier molecular flexibility index (Phi) is 36.4. The second-order valence-corrected chi connectivity index (χ2v) is 15.9. The van der Waals surface area contributed by atoms with E-state index in [0.29, 0.717) is 12.8 Å². The number of phosphoric ester groups is 1. The number of phosphoric acid groups is 1. The predicted octanol–water partition coefficient (Wildman–Crippen LogP) is 11.1. The molecule has 316 valence electrons. The third kappa shape index (κ3) is 36.9. The van der Waals surface area contributed by atoms with Crippen LogP contribution in [-0.4, -0.2) is 59.9 Å². The van der Waals surface area contributed by atoms with Crippen LogP contribution in [0.25, 0.3) is 0 Å². The zero-order valence-electron chi connectivity index (χ0n) is 34.1. The first-order chi connectivity index (χ1) is 26.1. The molecule has 0 saturated heterocycles. The molecule has 0 amide bonds. The largest absolute Gasteiger partial charge is 0.480 e. The molecule has 0 bridgehead atoms. The summed E-state index contributed by atoms with van der Waals surface area (Å²) in [5.74, 6) is -2.38. The standard InChI is InChI=1S/C42H78NO10P/c1-3-5-7-9-11-13-15-17-19-21-23-25-27-29-31-33-40(44)50-35-38(36-51-54(48,49)52-37-39(43)42(46)47)53-41(45)34-32-30-28-26-24-22-20-18-16-14-12-10-8-6-4-2/h9-12,38-39H,3-8,13-37,43H2,1-2H3,(H,46,47)(H,48,49)/b11-9+,12-10+/t38-,39+/m1/s1. The summed E-state index contributed by atoms with van der Waals surface area (Å²) in [6.07, 6.45) is 38.1. The maximum absolute atomic E-state index is 12.6. The summed E-state index contributed by atoms with van der Waals surface area (Å²) in [4.78, 5) is 45.9. The molecule has 1 unspecified atom stereocenters.